The monoisotopic (exact) mass is 379 g/mol. The van der Waals surface area contributed by atoms with E-state index in [2.05, 4.69) is 30.4 Å². The Balaban J connectivity index is 1.52. The number of carbonyl (C=O) groups excluding carboxylic acids is 1. The minimum absolute atomic E-state index is 0.222. The van der Waals surface area contributed by atoms with Gasteiger partial charge < -0.3 is 15.0 Å². The molecule has 9 nitrogen and oxygen atoms in total. The van der Waals surface area contributed by atoms with E-state index in [-0.39, 0.29) is 11.6 Å². The fraction of sp³-hybridized carbons (Fsp3) is 0.316. The van der Waals surface area contributed by atoms with Gasteiger partial charge in [0, 0.05) is 13.1 Å². The molecule has 0 bridgehead atoms. The van der Waals surface area contributed by atoms with Crippen LogP contribution in [0.4, 0.5) is 11.6 Å². The van der Waals surface area contributed by atoms with Crippen LogP contribution in [0.3, 0.4) is 0 Å². The summed E-state index contributed by atoms with van der Waals surface area (Å²) in [6, 6.07) is 9.42. The maximum absolute atomic E-state index is 12.6. The van der Waals surface area contributed by atoms with Crippen LogP contribution >= 0.6 is 0 Å². The molecule has 0 radical (unpaired) electrons. The number of hydrogen-bond donors (Lipinski definition) is 1. The topological polar surface area (TPSA) is 98.1 Å². The lowest BCUT2D eigenvalue weighted by atomic mass is 10.2. The van der Waals surface area contributed by atoms with Crippen LogP contribution in [0.5, 0.6) is 0 Å². The molecule has 1 saturated heterocycles. The number of benzene rings is 1. The lowest BCUT2D eigenvalue weighted by molar-refractivity contribution is 0.102. The molecular formula is C19H21N7O2. The molecule has 0 unspecified atom stereocenters. The van der Waals surface area contributed by atoms with Gasteiger partial charge >= 0.3 is 0 Å². The smallest absolute Gasteiger partial charge is 0.277 e. The lowest BCUT2D eigenvalue weighted by Gasteiger charge is -2.27. The fourth-order valence-corrected chi connectivity index (χ4v) is 3.01. The van der Waals surface area contributed by atoms with E-state index in [0.29, 0.717) is 36.2 Å². The van der Waals surface area contributed by atoms with Crippen LogP contribution in [0.15, 0.2) is 36.5 Å². The quantitative estimate of drug-likeness (QED) is 0.737. The van der Waals surface area contributed by atoms with Gasteiger partial charge in [-0.2, -0.15) is 9.90 Å². The zero-order valence-electron chi connectivity index (χ0n) is 15.8. The highest BCUT2D eigenvalue weighted by Gasteiger charge is 2.19. The number of nitrogens with one attached hydrogen (secondary N) is 1. The Morgan fingerprint density at radius 3 is 2.43 bits per heavy atom. The first kappa shape index (κ1) is 18.1. The minimum atomic E-state index is -0.351. The summed E-state index contributed by atoms with van der Waals surface area (Å²) in [5, 5.41) is 11.3. The Bertz CT molecular complexity index is 958. The summed E-state index contributed by atoms with van der Waals surface area (Å²) >= 11 is 0. The average molecular weight is 379 g/mol. The molecule has 3 aromatic rings. The third kappa shape index (κ3) is 3.70. The predicted molar refractivity (Wildman–Crippen MR) is 104 cm³/mol. The molecule has 9 heteroatoms. The molecule has 28 heavy (non-hydrogen) atoms. The van der Waals surface area contributed by atoms with Crippen molar-refractivity contribution in [1.29, 1.82) is 0 Å². The van der Waals surface area contributed by atoms with Gasteiger partial charge in [-0.05, 0) is 26.0 Å². The summed E-state index contributed by atoms with van der Waals surface area (Å²) in [7, 11) is 0. The van der Waals surface area contributed by atoms with E-state index in [0.717, 1.165) is 18.8 Å². The summed E-state index contributed by atoms with van der Waals surface area (Å²) in [4.78, 5) is 25.3. The molecule has 0 atom stereocenters. The second-order valence-electron chi connectivity index (χ2n) is 6.48. The highest BCUT2D eigenvalue weighted by molar-refractivity contribution is 6.03. The minimum Gasteiger partial charge on any atom is -0.378 e. The van der Waals surface area contributed by atoms with Crippen molar-refractivity contribution in [1.82, 2.24) is 25.0 Å². The van der Waals surface area contributed by atoms with Crippen molar-refractivity contribution in [3.05, 3.63) is 53.6 Å². The number of ether oxygens (including phenoxy) is 1. The zero-order valence-corrected chi connectivity index (χ0v) is 15.8. The first-order valence-electron chi connectivity index (χ1n) is 9.09. The Labute approximate surface area is 162 Å². The highest BCUT2D eigenvalue weighted by atomic mass is 16.5. The molecule has 1 amide bonds. The average Bonchev–Trinajstić information content (AvgIpc) is 3.22. The first-order valence-corrected chi connectivity index (χ1v) is 9.09. The normalized spacial score (nSPS) is 14.1. The van der Waals surface area contributed by atoms with Crippen LogP contribution < -0.4 is 10.2 Å². The molecule has 1 fully saturated rings. The summed E-state index contributed by atoms with van der Waals surface area (Å²) in [6.07, 6.45) is 1.44. The van der Waals surface area contributed by atoms with Gasteiger partial charge in [0.25, 0.3) is 5.91 Å². The summed E-state index contributed by atoms with van der Waals surface area (Å²) < 4.78 is 5.37. The van der Waals surface area contributed by atoms with Gasteiger partial charge in [0.05, 0.1) is 42.2 Å². The third-order valence-corrected chi connectivity index (χ3v) is 4.50. The second kappa shape index (κ2) is 7.73. The van der Waals surface area contributed by atoms with Crippen LogP contribution in [-0.2, 0) is 4.74 Å². The van der Waals surface area contributed by atoms with Crippen molar-refractivity contribution < 1.29 is 9.53 Å². The first-order chi connectivity index (χ1) is 13.6. The van der Waals surface area contributed by atoms with E-state index in [1.807, 2.05) is 44.2 Å². The Morgan fingerprint density at radius 1 is 1.07 bits per heavy atom. The van der Waals surface area contributed by atoms with E-state index >= 15 is 0 Å². The van der Waals surface area contributed by atoms with Gasteiger partial charge in [-0.25, -0.2) is 9.97 Å². The van der Waals surface area contributed by atoms with E-state index in [4.69, 9.17) is 4.74 Å². The molecule has 4 rings (SSSR count). The van der Waals surface area contributed by atoms with Crippen molar-refractivity contribution in [2.45, 2.75) is 13.8 Å². The van der Waals surface area contributed by atoms with Crippen LogP contribution in [0, 0.1) is 13.8 Å². The van der Waals surface area contributed by atoms with Gasteiger partial charge in [0.1, 0.15) is 0 Å². The number of aromatic nitrogens is 5. The molecule has 3 heterocycles. The summed E-state index contributed by atoms with van der Waals surface area (Å²) in [6.45, 7) is 6.55. The molecule has 0 saturated carbocycles. The second-order valence-corrected chi connectivity index (χ2v) is 6.48. The summed E-state index contributed by atoms with van der Waals surface area (Å²) in [5.74, 6) is 0.308. The van der Waals surface area contributed by atoms with Gasteiger partial charge in [0.2, 0.25) is 5.95 Å². The maximum atomic E-state index is 12.6. The van der Waals surface area contributed by atoms with Crippen molar-refractivity contribution >= 4 is 17.5 Å². The number of aryl methyl sites for hydroxylation is 2. The van der Waals surface area contributed by atoms with Gasteiger partial charge in [-0.15, -0.1) is 5.10 Å². The molecule has 0 spiro atoms. The van der Waals surface area contributed by atoms with Crippen molar-refractivity contribution in [3.8, 4) is 5.69 Å². The molecule has 2 aromatic heterocycles. The molecule has 1 aliphatic rings. The van der Waals surface area contributed by atoms with Crippen LogP contribution in [0.1, 0.15) is 21.9 Å². The molecule has 144 valence electrons. The third-order valence-electron chi connectivity index (χ3n) is 4.50. The van der Waals surface area contributed by atoms with Crippen LogP contribution in [0.25, 0.3) is 5.69 Å². The number of morpholine rings is 1. The molecule has 1 N–H and O–H groups in total. The number of nitrogens with zero attached hydrogens (tertiary/aromatic N) is 6. The maximum Gasteiger partial charge on any atom is 0.277 e. The predicted octanol–water partition coefficient (Wildman–Crippen LogP) is 1.76. The lowest BCUT2D eigenvalue weighted by Crippen LogP contribution is -2.37. The van der Waals surface area contributed by atoms with E-state index < -0.39 is 0 Å². The Hall–Kier alpha value is -3.33. The number of para-hydroxylation sites is 1. The number of rotatable bonds is 4. The van der Waals surface area contributed by atoms with E-state index in [1.54, 1.807) is 0 Å². The number of hydrogen-bond acceptors (Lipinski definition) is 7. The fourth-order valence-electron chi connectivity index (χ4n) is 3.01. The Kier molecular flexibility index (Phi) is 4.98. The highest BCUT2D eigenvalue weighted by Crippen LogP contribution is 2.21. The van der Waals surface area contributed by atoms with Crippen LogP contribution in [-0.4, -0.2) is 57.2 Å². The van der Waals surface area contributed by atoms with Gasteiger partial charge in [0.15, 0.2) is 5.69 Å². The standard InChI is InChI=1S/C19H21N7O2/c1-13-17(14(2)22-19(21-13)25-8-10-28-11-9-25)23-18(27)16-12-20-26(24-16)15-6-4-3-5-7-15/h3-7,12H,8-11H2,1-2H3,(H,23,27). The van der Waals surface area contributed by atoms with Gasteiger partial charge in [-0.3, -0.25) is 4.79 Å². The van der Waals surface area contributed by atoms with E-state index in [9.17, 15) is 4.79 Å². The number of carbonyl (C=O) groups is 1. The molecule has 0 aliphatic carbocycles. The molecule has 1 aliphatic heterocycles. The SMILES string of the molecule is Cc1nc(N2CCOCC2)nc(C)c1NC(=O)c1cnn(-c2ccccc2)n1. The Morgan fingerprint density at radius 2 is 1.75 bits per heavy atom. The molecular weight excluding hydrogens is 358 g/mol. The zero-order chi connectivity index (χ0) is 19.5. The number of anilines is 2. The summed E-state index contributed by atoms with van der Waals surface area (Å²) in [5.41, 5.74) is 3.01. The van der Waals surface area contributed by atoms with Crippen molar-refractivity contribution in [2.75, 3.05) is 36.5 Å². The van der Waals surface area contributed by atoms with Crippen LogP contribution in [0.2, 0.25) is 0 Å². The van der Waals surface area contributed by atoms with Crippen molar-refractivity contribution in [3.63, 3.8) is 0 Å². The number of amides is 1. The van der Waals surface area contributed by atoms with E-state index in [1.165, 1.54) is 11.0 Å². The van der Waals surface area contributed by atoms with Crippen molar-refractivity contribution in [2.24, 2.45) is 0 Å². The van der Waals surface area contributed by atoms with Gasteiger partial charge in [-0.1, -0.05) is 18.2 Å². The largest absolute Gasteiger partial charge is 0.378 e. The molecule has 1 aromatic carbocycles.